The molecule has 7 heteroatoms. The number of allylic oxidation sites excluding steroid dienone is 1. The maximum Gasteiger partial charge on any atom is 0.335 e. The molecule has 0 aromatic heterocycles. The van der Waals surface area contributed by atoms with Crippen molar-refractivity contribution in [2.24, 2.45) is 16.7 Å². The van der Waals surface area contributed by atoms with Crippen LogP contribution in [0.2, 0.25) is 0 Å². The number of hydrogen-bond donors (Lipinski definition) is 2. The van der Waals surface area contributed by atoms with Crippen LogP contribution in [-0.4, -0.2) is 71.8 Å². The summed E-state index contributed by atoms with van der Waals surface area (Å²) in [4.78, 5) is 27.1. The molecule has 2 heterocycles. The highest BCUT2D eigenvalue weighted by atomic mass is 32.2. The number of carbonyl (C=O) groups is 2. The molecule has 38 heavy (non-hydrogen) atoms. The highest BCUT2D eigenvalue weighted by Gasteiger charge is 2.36. The van der Waals surface area contributed by atoms with Crippen molar-refractivity contribution in [3.63, 3.8) is 0 Å². The standard InChI is InChI=1S/C28H40N2O4S.C3H8/c1-22-17-23(5-4-15-35-16-12-27(22,2)3)18-29-13-10-28(20-31,11-14-29)19-30(21-32)25-8-6-24(7-9-25)26(33)34;1-3-2/h4-9,17,21-22,31H,10-16,18-20H2,1-3H3,(H,33,34);3H2,1-2H3/b5-4-,23-17+;. The predicted molar refractivity (Wildman–Crippen MR) is 160 cm³/mol. The number of carboxylic acid groups (broad SMARTS) is 1. The van der Waals surface area contributed by atoms with Crippen LogP contribution in [0, 0.1) is 16.7 Å². The first-order valence-electron chi connectivity index (χ1n) is 13.9. The average Bonchev–Trinajstić information content (AvgIpc) is 2.90. The molecule has 2 aliphatic heterocycles. The van der Waals surface area contributed by atoms with Crippen LogP contribution in [0.25, 0.3) is 0 Å². The summed E-state index contributed by atoms with van der Waals surface area (Å²) in [5, 5.41) is 19.4. The van der Waals surface area contributed by atoms with Crippen molar-refractivity contribution in [2.75, 3.05) is 49.2 Å². The molecule has 0 aliphatic carbocycles. The van der Waals surface area contributed by atoms with Crippen molar-refractivity contribution in [3.8, 4) is 0 Å². The molecule has 1 unspecified atom stereocenters. The molecule has 1 fully saturated rings. The highest BCUT2D eigenvalue weighted by molar-refractivity contribution is 7.99. The summed E-state index contributed by atoms with van der Waals surface area (Å²) in [5.41, 5.74) is 2.10. The number of carbonyl (C=O) groups excluding carboxylic acids is 1. The number of amides is 1. The van der Waals surface area contributed by atoms with Gasteiger partial charge >= 0.3 is 5.97 Å². The molecule has 0 saturated carbocycles. The summed E-state index contributed by atoms with van der Waals surface area (Å²) in [6, 6.07) is 6.31. The van der Waals surface area contributed by atoms with Crippen molar-refractivity contribution in [2.45, 2.75) is 60.3 Å². The molecule has 212 valence electrons. The Morgan fingerprint density at radius 2 is 1.79 bits per heavy atom. The molecule has 3 rings (SSSR count). The second-order valence-electron chi connectivity index (χ2n) is 11.5. The summed E-state index contributed by atoms with van der Waals surface area (Å²) in [6.07, 6.45) is 11.8. The topological polar surface area (TPSA) is 81.1 Å². The van der Waals surface area contributed by atoms with Crippen molar-refractivity contribution < 1.29 is 19.8 Å². The molecule has 0 spiro atoms. The van der Waals surface area contributed by atoms with Crippen LogP contribution < -0.4 is 4.90 Å². The van der Waals surface area contributed by atoms with Crippen LogP contribution in [0.5, 0.6) is 0 Å². The minimum absolute atomic E-state index is 0.0173. The van der Waals surface area contributed by atoms with E-state index < -0.39 is 5.97 Å². The molecule has 2 aliphatic rings. The number of anilines is 1. The van der Waals surface area contributed by atoms with E-state index in [1.807, 2.05) is 11.8 Å². The number of benzene rings is 1. The van der Waals surface area contributed by atoms with Gasteiger partial charge in [0, 0.05) is 29.9 Å². The summed E-state index contributed by atoms with van der Waals surface area (Å²) in [5.74, 6) is 1.74. The second-order valence-corrected chi connectivity index (χ2v) is 12.6. The third-order valence-corrected chi connectivity index (χ3v) is 8.79. The summed E-state index contributed by atoms with van der Waals surface area (Å²) >= 11 is 2.00. The highest BCUT2D eigenvalue weighted by Crippen LogP contribution is 2.36. The Morgan fingerprint density at radius 1 is 1.16 bits per heavy atom. The lowest BCUT2D eigenvalue weighted by molar-refractivity contribution is -0.108. The zero-order chi connectivity index (χ0) is 28.2. The van der Waals surface area contributed by atoms with E-state index in [0.29, 0.717) is 18.2 Å². The minimum Gasteiger partial charge on any atom is -0.478 e. The Balaban J connectivity index is 0.00000161. The van der Waals surface area contributed by atoms with E-state index in [-0.39, 0.29) is 23.0 Å². The van der Waals surface area contributed by atoms with Gasteiger partial charge in [-0.05, 0) is 79.3 Å². The van der Waals surface area contributed by atoms with Gasteiger partial charge < -0.3 is 15.1 Å². The zero-order valence-electron chi connectivity index (χ0n) is 24.0. The van der Waals surface area contributed by atoms with Crippen LogP contribution >= 0.6 is 11.8 Å². The van der Waals surface area contributed by atoms with Gasteiger partial charge in [-0.1, -0.05) is 59.3 Å². The largest absolute Gasteiger partial charge is 0.478 e. The molecular weight excluding hydrogens is 496 g/mol. The van der Waals surface area contributed by atoms with E-state index >= 15 is 0 Å². The minimum atomic E-state index is -0.995. The smallest absolute Gasteiger partial charge is 0.335 e. The Bertz CT molecular complexity index is 934. The summed E-state index contributed by atoms with van der Waals surface area (Å²) in [7, 11) is 0. The van der Waals surface area contributed by atoms with Gasteiger partial charge in [0.15, 0.2) is 0 Å². The second kappa shape index (κ2) is 15.5. The number of aliphatic hydroxyl groups is 1. The average molecular weight is 545 g/mol. The van der Waals surface area contributed by atoms with Crippen molar-refractivity contribution in [3.05, 3.63) is 53.6 Å². The first kappa shape index (κ1) is 32.1. The maximum atomic E-state index is 11.9. The Labute approximate surface area is 234 Å². The van der Waals surface area contributed by atoms with E-state index in [0.717, 1.165) is 44.6 Å². The SMILES string of the molecule is CC1/C=C(CN2CCC(CO)(CN(C=O)c3ccc(C(=O)O)cc3)CC2)\C=C/CSCCC1(C)C.CCC. The number of piperidine rings is 1. The number of aliphatic hydroxyl groups excluding tert-OH is 1. The van der Waals surface area contributed by atoms with E-state index in [9.17, 15) is 14.7 Å². The lowest BCUT2D eigenvalue weighted by Gasteiger charge is -2.43. The maximum absolute atomic E-state index is 11.9. The van der Waals surface area contributed by atoms with Crippen LogP contribution in [-0.2, 0) is 4.79 Å². The quantitative estimate of drug-likeness (QED) is 0.384. The number of rotatable bonds is 8. The number of hydrogen-bond acceptors (Lipinski definition) is 5. The van der Waals surface area contributed by atoms with E-state index in [2.05, 4.69) is 57.7 Å². The molecule has 1 aromatic rings. The van der Waals surface area contributed by atoms with Crippen molar-refractivity contribution in [1.82, 2.24) is 4.90 Å². The zero-order valence-corrected chi connectivity index (χ0v) is 24.8. The molecule has 1 atom stereocenters. The van der Waals surface area contributed by atoms with Gasteiger partial charge in [0.2, 0.25) is 6.41 Å². The predicted octanol–water partition coefficient (Wildman–Crippen LogP) is 6.12. The molecule has 0 radical (unpaired) electrons. The summed E-state index contributed by atoms with van der Waals surface area (Å²) in [6.45, 7) is 14.4. The lowest BCUT2D eigenvalue weighted by Crippen LogP contribution is -2.48. The summed E-state index contributed by atoms with van der Waals surface area (Å²) < 4.78 is 0. The van der Waals surface area contributed by atoms with Crippen molar-refractivity contribution >= 4 is 29.8 Å². The molecule has 2 N–H and O–H groups in total. The molecule has 1 aromatic carbocycles. The molecule has 6 nitrogen and oxygen atoms in total. The van der Waals surface area contributed by atoms with Crippen LogP contribution in [0.15, 0.2) is 48.1 Å². The fourth-order valence-electron chi connectivity index (χ4n) is 4.78. The molecular formula is C31H48N2O4S. The third kappa shape index (κ3) is 9.58. The molecule has 1 saturated heterocycles. The number of likely N-dealkylation sites (tertiary alicyclic amines) is 1. The van der Waals surface area contributed by atoms with Crippen LogP contribution in [0.4, 0.5) is 5.69 Å². The van der Waals surface area contributed by atoms with Crippen LogP contribution in [0.1, 0.15) is 70.7 Å². The van der Waals surface area contributed by atoms with E-state index in [1.165, 1.54) is 36.3 Å². The first-order chi connectivity index (χ1) is 18.1. The van der Waals surface area contributed by atoms with Gasteiger partial charge in [-0.15, -0.1) is 0 Å². The fourth-order valence-corrected chi connectivity index (χ4v) is 5.85. The Hall–Kier alpha value is -2.09. The molecule has 0 bridgehead atoms. The van der Waals surface area contributed by atoms with Gasteiger partial charge in [-0.25, -0.2) is 4.79 Å². The number of nitrogens with zero attached hydrogens (tertiary/aromatic N) is 2. The fraction of sp³-hybridized carbons (Fsp3) is 0.613. The molecule has 1 amide bonds. The van der Waals surface area contributed by atoms with Crippen LogP contribution in [0.3, 0.4) is 0 Å². The van der Waals surface area contributed by atoms with Gasteiger partial charge in [0.25, 0.3) is 0 Å². The third-order valence-electron chi connectivity index (χ3n) is 7.87. The Morgan fingerprint density at radius 3 is 2.34 bits per heavy atom. The van der Waals surface area contributed by atoms with Gasteiger partial charge in [-0.2, -0.15) is 11.8 Å². The number of aromatic carboxylic acids is 1. The normalized spacial score (nSPS) is 23.6. The Kier molecular flexibility index (Phi) is 13.1. The monoisotopic (exact) mass is 544 g/mol. The van der Waals surface area contributed by atoms with Gasteiger partial charge in [0.1, 0.15) is 0 Å². The van der Waals surface area contributed by atoms with Gasteiger partial charge in [-0.3, -0.25) is 9.69 Å². The van der Waals surface area contributed by atoms with Gasteiger partial charge in [0.05, 0.1) is 12.2 Å². The van der Waals surface area contributed by atoms with E-state index in [1.54, 1.807) is 17.0 Å². The number of carboxylic acids is 1. The van der Waals surface area contributed by atoms with Crippen molar-refractivity contribution in [1.29, 1.82) is 0 Å². The lowest BCUT2D eigenvalue weighted by atomic mass is 9.76. The van der Waals surface area contributed by atoms with E-state index in [4.69, 9.17) is 5.11 Å². The first-order valence-corrected chi connectivity index (χ1v) is 15.1. The number of thioether (sulfide) groups is 1.